The Balaban J connectivity index is 2.04. The van der Waals surface area contributed by atoms with Gasteiger partial charge >= 0.3 is 0 Å². The van der Waals surface area contributed by atoms with Crippen LogP contribution in [0.3, 0.4) is 0 Å². The van der Waals surface area contributed by atoms with Gasteiger partial charge in [-0.2, -0.15) is 0 Å². The summed E-state index contributed by atoms with van der Waals surface area (Å²) in [4.78, 5) is 0.972. The van der Waals surface area contributed by atoms with Crippen LogP contribution in [0, 0.1) is 0 Å². The quantitative estimate of drug-likeness (QED) is 0.876. The second-order valence-electron chi connectivity index (χ2n) is 2.90. The third-order valence-corrected chi connectivity index (χ3v) is 4.41. The number of anilines is 1. The zero-order valence-corrected chi connectivity index (χ0v) is 11.1. The molecule has 0 bridgehead atoms. The molecule has 7 heteroatoms. The fourth-order valence-corrected chi connectivity index (χ4v) is 3.14. The van der Waals surface area contributed by atoms with E-state index >= 15 is 0 Å². The van der Waals surface area contributed by atoms with Crippen molar-refractivity contribution >= 4 is 51.4 Å². The maximum atomic E-state index is 6.04. The Labute approximate surface area is 111 Å². The lowest BCUT2D eigenvalue weighted by Crippen LogP contribution is -1.81. The smallest absolute Gasteiger partial charge is 0.203 e. The number of hydrogen-bond acceptors (Lipinski definition) is 5. The Kier molecular flexibility index (Phi) is 3.91. The molecular weight excluding hydrogens is 285 g/mol. The number of aromatic nitrogens is 2. The van der Waals surface area contributed by atoms with Gasteiger partial charge < -0.3 is 5.73 Å². The Hall–Kier alpha value is -0.490. The lowest BCUT2D eigenvalue weighted by atomic mass is 10.4. The Bertz CT molecular complexity index is 501. The maximum absolute atomic E-state index is 6.04. The van der Waals surface area contributed by atoms with Gasteiger partial charge in [-0.1, -0.05) is 34.5 Å². The predicted molar refractivity (Wildman–Crippen MR) is 70.3 cm³/mol. The summed E-state index contributed by atoms with van der Waals surface area (Å²) in [6.07, 6.45) is 0. The van der Waals surface area contributed by atoms with Gasteiger partial charge in [0.1, 0.15) is 5.01 Å². The van der Waals surface area contributed by atoms with Gasteiger partial charge in [-0.25, -0.2) is 0 Å². The minimum Gasteiger partial charge on any atom is -0.374 e. The number of rotatable bonds is 3. The van der Waals surface area contributed by atoms with Crippen LogP contribution < -0.4 is 5.73 Å². The van der Waals surface area contributed by atoms with Crippen molar-refractivity contribution in [3.05, 3.63) is 33.3 Å². The predicted octanol–water partition coefficient (Wildman–Crippen LogP) is 3.72. The summed E-state index contributed by atoms with van der Waals surface area (Å²) in [7, 11) is 0. The molecule has 0 radical (unpaired) electrons. The highest BCUT2D eigenvalue weighted by Crippen LogP contribution is 2.32. The molecule has 1 heterocycles. The van der Waals surface area contributed by atoms with Crippen molar-refractivity contribution < 1.29 is 0 Å². The highest BCUT2D eigenvalue weighted by atomic mass is 35.5. The molecule has 0 fully saturated rings. The molecule has 2 N–H and O–H groups in total. The highest BCUT2D eigenvalue weighted by molar-refractivity contribution is 7.98. The summed E-state index contributed by atoms with van der Waals surface area (Å²) in [5.74, 6) is 0.705. The Morgan fingerprint density at radius 2 is 2.12 bits per heavy atom. The lowest BCUT2D eigenvalue weighted by molar-refractivity contribution is 1.05. The summed E-state index contributed by atoms with van der Waals surface area (Å²) < 4.78 is 0. The first-order valence-corrected chi connectivity index (χ1v) is 6.86. The fraction of sp³-hybridized carbons (Fsp3) is 0.111. The van der Waals surface area contributed by atoms with E-state index in [1.165, 1.54) is 11.3 Å². The van der Waals surface area contributed by atoms with E-state index in [4.69, 9.17) is 28.9 Å². The molecule has 2 rings (SSSR count). The van der Waals surface area contributed by atoms with E-state index < -0.39 is 0 Å². The summed E-state index contributed by atoms with van der Waals surface area (Å²) in [5.41, 5.74) is 5.49. The Morgan fingerprint density at radius 1 is 1.31 bits per heavy atom. The molecule has 1 aromatic carbocycles. The first-order chi connectivity index (χ1) is 7.65. The molecule has 0 spiro atoms. The topological polar surface area (TPSA) is 51.8 Å². The van der Waals surface area contributed by atoms with Gasteiger partial charge in [0, 0.05) is 9.92 Å². The molecule has 0 aliphatic rings. The lowest BCUT2D eigenvalue weighted by Gasteiger charge is -2.02. The number of thioether (sulfide) groups is 1. The molecule has 84 valence electrons. The van der Waals surface area contributed by atoms with Gasteiger partial charge in [-0.15, -0.1) is 22.0 Å². The van der Waals surface area contributed by atoms with Crippen molar-refractivity contribution in [2.45, 2.75) is 10.6 Å². The molecule has 0 saturated heterocycles. The minimum atomic E-state index is 0.484. The Morgan fingerprint density at radius 3 is 2.75 bits per heavy atom. The van der Waals surface area contributed by atoms with Crippen molar-refractivity contribution in [1.29, 1.82) is 0 Å². The van der Waals surface area contributed by atoms with Gasteiger partial charge in [-0.05, 0) is 18.2 Å². The second kappa shape index (κ2) is 5.23. The molecule has 2 aromatic rings. The molecule has 0 aliphatic heterocycles. The third kappa shape index (κ3) is 3.01. The number of halogens is 2. The van der Waals surface area contributed by atoms with Crippen LogP contribution in [0.5, 0.6) is 0 Å². The average Bonchev–Trinajstić information content (AvgIpc) is 2.63. The van der Waals surface area contributed by atoms with Crippen LogP contribution in [0.2, 0.25) is 10.0 Å². The zero-order chi connectivity index (χ0) is 11.5. The molecule has 0 aliphatic carbocycles. The third-order valence-electron chi connectivity index (χ3n) is 1.73. The average molecular weight is 292 g/mol. The van der Waals surface area contributed by atoms with Crippen LogP contribution in [0.15, 0.2) is 23.1 Å². The normalized spacial score (nSPS) is 10.6. The maximum Gasteiger partial charge on any atom is 0.203 e. The molecule has 0 unspecified atom stereocenters. The monoisotopic (exact) mass is 291 g/mol. The van der Waals surface area contributed by atoms with Crippen LogP contribution in [0.1, 0.15) is 5.01 Å². The molecule has 0 amide bonds. The van der Waals surface area contributed by atoms with Gasteiger partial charge in [-0.3, -0.25) is 0 Å². The van der Waals surface area contributed by atoms with E-state index in [1.54, 1.807) is 17.8 Å². The van der Waals surface area contributed by atoms with Crippen LogP contribution >= 0.6 is 46.3 Å². The van der Waals surface area contributed by atoms with Gasteiger partial charge in [0.25, 0.3) is 0 Å². The van der Waals surface area contributed by atoms with Gasteiger partial charge in [0.05, 0.1) is 10.8 Å². The van der Waals surface area contributed by atoms with Crippen molar-refractivity contribution in [3.8, 4) is 0 Å². The molecule has 1 aromatic heterocycles. The van der Waals surface area contributed by atoms with Crippen molar-refractivity contribution in [1.82, 2.24) is 10.2 Å². The summed E-state index contributed by atoms with van der Waals surface area (Å²) in [6, 6.07) is 5.42. The van der Waals surface area contributed by atoms with Crippen molar-refractivity contribution in [2.24, 2.45) is 0 Å². The molecule has 16 heavy (non-hydrogen) atoms. The second-order valence-corrected chi connectivity index (χ2v) is 5.85. The number of nitrogens with zero attached hydrogens (tertiary/aromatic N) is 2. The first-order valence-electron chi connectivity index (χ1n) is 4.31. The minimum absolute atomic E-state index is 0.484. The first kappa shape index (κ1) is 12.0. The van der Waals surface area contributed by atoms with E-state index in [0.717, 1.165) is 9.90 Å². The van der Waals surface area contributed by atoms with Gasteiger partial charge in [0.15, 0.2) is 0 Å². The zero-order valence-electron chi connectivity index (χ0n) is 7.98. The molecule has 0 saturated carbocycles. The van der Waals surface area contributed by atoms with E-state index in [-0.39, 0.29) is 0 Å². The van der Waals surface area contributed by atoms with E-state index in [2.05, 4.69) is 10.2 Å². The molecule has 0 atom stereocenters. The number of nitrogens with two attached hydrogens (primary N) is 1. The van der Waals surface area contributed by atoms with Crippen molar-refractivity contribution in [2.75, 3.05) is 5.73 Å². The van der Waals surface area contributed by atoms with E-state index in [9.17, 15) is 0 Å². The highest BCUT2D eigenvalue weighted by Gasteiger charge is 2.05. The fourth-order valence-electron chi connectivity index (χ4n) is 1.06. The van der Waals surface area contributed by atoms with Crippen LogP contribution in [-0.2, 0) is 5.75 Å². The van der Waals surface area contributed by atoms with Crippen molar-refractivity contribution in [3.63, 3.8) is 0 Å². The van der Waals surface area contributed by atoms with E-state index in [0.29, 0.717) is 20.9 Å². The van der Waals surface area contributed by atoms with Gasteiger partial charge in [0.2, 0.25) is 5.13 Å². The largest absolute Gasteiger partial charge is 0.374 e. The number of nitrogen functional groups attached to an aromatic ring is 1. The molecular formula is C9H7Cl2N3S2. The number of hydrogen-bond donors (Lipinski definition) is 1. The van der Waals surface area contributed by atoms with Crippen LogP contribution in [0.25, 0.3) is 0 Å². The summed E-state index contributed by atoms with van der Waals surface area (Å²) >= 11 is 14.8. The summed E-state index contributed by atoms with van der Waals surface area (Å²) in [6.45, 7) is 0. The van der Waals surface area contributed by atoms with E-state index in [1.807, 2.05) is 12.1 Å². The number of benzene rings is 1. The van der Waals surface area contributed by atoms with Crippen LogP contribution in [0.4, 0.5) is 5.13 Å². The summed E-state index contributed by atoms with van der Waals surface area (Å²) in [5, 5.41) is 10.3. The van der Waals surface area contributed by atoms with Crippen LogP contribution in [-0.4, -0.2) is 10.2 Å². The SMILES string of the molecule is Nc1nnc(CSc2ccc(Cl)cc2Cl)s1. The molecule has 3 nitrogen and oxygen atoms in total. The standard InChI is InChI=1S/C9H7Cl2N3S2/c10-5-1-2-7(6(11)3-5)15-4-8-13-14-9(12)16-8/h1-3H,4H2,(H2,12,14).